The molecule has 1 aromatic carbocycles. The minimum atomic E-state index is -0.377. The molecule has 2 aromatic heterocycles. The Labute approximate surface area is 160 Å². The Morgan fingerprint density at radius 1 is 1.22 bits per heavy atom. The number of rotatable bonds is 1. The normalized spacial score (nSPS) is 25.4. The van der Waals surface area contributed by atoms with E-state index in [-0.39, 0.29) is 11.7 Å². The number of hydrogen-bond acceptors (Lipinski definition) is 3. The first kappa shape index (κ1) is 17.0. The van der Waals surface area contributed by atoms with Crippen LogP contribution in [0.25, 0.3) is 10.9 Å². The summed E-state index contributed by atoms with van der Waals surface area (Å²) >= 11 is 0. The highest BCUT2D eigenvalue weighted by molar-refractivity contribution is 5.90. The number of pyridine rings is 1. The van der Waals surface area contributed by atoms with Gasteiger partial charge in [0, 0.05) is 48.5 Å². The van der Waals surface area contributed by atoms with Gasteiger partial charge in [-0.1, -0.05) is 11.6 Å². The van der Waals surface area contributed by atoms with Crippen LogP contribution in [0.1, 0.15) is 47.9 Å². The second-order valence-electron chi connectivity index (χ2n) is 8.48. The Kier molecular flexibility index (Phi) is 3.72. The number of nitrogens with zero attached hydrogens (tertiary/aromatic N) is 3. The fourth-order valence-corrected chi connectivity index (χ4v) is 5.04. The van der Waals surface area contributed by atoms with Crippen molar-refractivity contribution < 1.29 is 4.74 Å². The van der Waals surface area contributed by atoms with Crippen LogP contribution in [0, 0.1) is 6.92 Å². The van der Waals surface area contributed by atoms with Gasteiger partial charge in [-0.05, 0) is 57.1 Å². The van der Waals surface area contributed by atoms with Gasteiger partial charge in [-0.2, -0.15) is 0 Å². The molecule has 2 unspecified atom stereocenters. The predicted molar refractivity (Wildman–Crippen MR) is 108 cm³/mol. The van der Waals surface area contributed by atoms with Crippen LogP contribution in [0.15, 0.2) is 36.7 Å². The van der Waals surface area contributed by atoms with Gasteiger partial charge in [-0.25, -0.2) is 0 Å². The fraction of sp³-hybridized carbons (Fsp3) is 0.435. The molecule has 4 heterocycles. The Morgan fingerprint density at radius 3 is 2.78 bits per heavy atom. The molecule has 0 radical (unpaired) electrons. The lowest BCUT2D eigenvalue weighted by atomic mass is 9.95. The van der Waals surface area contributed by atoms with Crippen molar-refractivity contribution in [2.75, 3.05) is 13.6 Å². The van der Waals surface area contributed by atoms with E-state index in [4.69, 9.17) is 4.74 Å². The summed E-state index contributed by atoms with van der Waals surface area (Å²) in [5.41, 5.74) is 7.83. The second-order valence-corrected chi connectivity index (χ2v) is 8.48. The van der Waals surface area contributed by atoms with Gasteiger partial charge in [0.15, 0.2) is 0 Å². The molecule has 0 spiro atoms. The maximum Gasteiger partial charge on any atom is 0.109 e. The van der Waals surface area contributed by atoms with Crippen molar-refractivity contribution >= 4 is 10.9 Å². The molecule has 0 saturated heterocycles. The smallest absolute Gasteiger partial charge is 0.109 e. The van der Waals surface area contributed by atoms with Crippen molar-refractivity contribution in [3.8, 4) is 0 Å². The summed E-state index contributed by atoms with van der Waals surface area (Å²) < 4.78 is 9.29. The Hall–Kier alpha value is -2.17. The van der Waals surface area contributed by atoms with E-state index in [9.17, 15) is 0 Å². The Balaban J connectivity index is 1.78. The minimum absolute atomic E-state index is 0.0425. The van der Waals surface area contributed by atoms with E-state index in [1.54, 1.807) is 0 Å². The molecule has 0 fully saturated rings. The Morgan fingerprint density at radius 2 is 2.00 bits per heavy atom. The molecule has 2 aliphatic rings. The maximum atomic E-state index is 6.72. The number of aryl methyl sites for hydroxylation is 1. The van der Waals surface area contributed by atoms with Crippen LogP contribution in [-0.2, 0) is 29.8 Å². The lowest BCUT2D eigenvalue weighted by molar-refractivity contribution is -0.0884. The van der Waals surface area contributed by atoms with Crippen LogP contribution in [0.2, 0.25) is 0 Å². The number of benzene rings is 1. The van der Waals surface area contributed by atoms with Crippen molar-refractivity contribution in [1.82, 2.24) is 14.5 Å². The third-order valence-electron chi connectivity index (χ3n) is 6.34. The largest absolute Gasteiger partial charge is 0.361 e. The van der Waals surface area contributed by atoms with Crippen LogP contribution >= 0.6 is 0 Å². The maximum absolute atomic E-state index is 6.72. The van der Waals surface area contributed by atoms with Gasteiger partial charge in [-0.15, -0.1) is 0 Å². The van der Waals surface area contributed by atoms with Crippen LogP contribution < -0.4 is 0 Å². The van der Waals surface area contributed by atoms with E-state index in [0.29, 0.717) is 0 Å². The summed E-state index contributed by atoms with van der Waals surface area (Å²) in [5, 5.41) is 1.42. The standard InChI is InChI=1S/C23H27N3O/c1-15-11-18-16(2)27-23(3,17-5-8-24-9-6-17)14-26-21-7-10-25(4)13-20(21)19(12-15)22(18)26/h5-6,8-9,11-12,16H,7,10,13-14H2,1-4H3. The van der Waals surface area contributed by atoms with Gasteiger partial charge in [-0.3, -0.25) is 4.98 Å². The van der Waals surface area contributed by atoms with Gasteiger partial charge in [0.1, 0.15) is 5.60 Å². The molecule has 0 bridgehead atoms. The van der Waals surface area contributed by atoms with Crippen molar-refractivity contribution in [3.05, 3.63) is 64.6 Å². The molecule has 4 heteroatoms. The van der Waals surface area contributed by atoms with E-state index in [1.807, 2.05) is 12.4 Å². The minimum Gasteiger partial charge on any atom is -0.361 e. The first-order chi connectivity index (χ1) is 13.0. The quantitative estimate of drug-likeness (QED) is 0.646. The summed E-state index contributed by atoms with van der Waals surface area (Å²) in [6.07, 6.45) is 4.87. The zero-order chi connectivity index (χ0) is 18.8. The molecule has 3 aromatic rings. The number of aromatic nitrogens is 2. The summed E-state index contributed by atoms with van der Waals surface area (Å²) in [6, 6.07) is 8.87. The highest BCUT2D eigenvalue weighted by Crippen LogP contribution is 2.44. The van der Waals surface area contributed by atoms with E-state index in [0.717, 1.165) is 26.1 Å². The lowest BCUT2D eigenvalue weighted by Crippen LogP contribution is -2.33. The lowest BCUT2D eigenvalue weighted by Gasteiger charge is -2.33. The molecule has 0 amide bonds. The molecular formula is C23H27N3O. The average Bonchev–Trinajstić information content (AvgIpc) is 2.87. The number of hydrogen-bond donors (Lipinski definition) is 0. The van der Waals surface area contributed by atoms with Gasteiger partial charge >= 0.3 is 0 Å². The number of fused-ring (bicyclic) bond motifs is 3. The fourth-order valence-electron chi connectivity index (χ4n) is 5.04. The molecule has 0 saturated carbocycles. The summed E-state index contributed by atoms with van der Waals surface area (Å²) in [4.78, 5) is 6.64. The first-order valence-corrected chi connectivity index (χ1v) is 9.87. The van der Waals surface area contributed by atoms with Crippen molar-refractivity contribution in [2.24, 2.45) is 0 Å². The molecule has 0 N–H and O–H groups in total. The topological polar surface area (TPSA) is 30.3 Å². The zero-order valence-corrected chi connectivity index (χ0v) is 16.6. The predicted octanol–water partition coefficient (Wildman–Crippen LogP) is 4.34. The third-order valence-corrected chi connectivity index (χ3v) is 6.34. The van der Waals surface area contributed by atoms with Crippen LogP contribution in [0.5, 0.6) is 0 Å². The van der Waals surface area contributed by atoms with E-state index >= 15 is 0 Å². The number of ether oxygens (including phenoxy) is 1. The molecule has 5 rings (SSSR count). The monoisotopic (exact) mass is 361 g/mol. The average molecular weight is 361 g/mol. The molecule has 140 valence electrons. The molecule has 0 aliphatic carbocycles. The van der Waals surface area contributed by atoms with Crippen molar-refractivity contribution in [1.29, 1.82) is 0 Å². The first-order valence-electron chi connectivity index (χ1n) is 9.87. The second kappa shape index (κ2) is 5.91. The zero-order valence-electron chi connectivity index (χ0n) is 16.6. The third kappa shape index (κ3) is 2.54. The van der Waals surface area contributed by atoms with Crippen molar-refractivity contribution in [2.45, 2.75) is 52.0 Å². The summed E-state index contributed by atoms with van der Waals surface area (Å²) in [5.74, 6) is 0. The van der Waals surface area contributed by atoms with Gasteiger partial charge < -0.3 is 14.2 Å². The molecular weight excluding hydrogens is 334 g/mol. The van der Waals surface area contributed by atoms with E-state index < -0.39 is 0 Å². The van der Waals surface area contributed by atoms with Crippen LogP contribution in [-0.4, -0.2) is 28.0 Å². The van der Waals surface area contributed by atoms with Crippen molar-refractivity contribution in [3.63, 3.8) is 0 Å². The molecule has 2 atom stereocenters. The summed E-state index contributed by atoms with van der Waals surface area (Å²) in [7, 11) is 2.22. The Bertz CT molecular complexity index is 1020. The van der Waals surface area contributed by atoms with Crippen LogP contribution in [0.3, 0.4) is 0 Å². The SMILES string of the molecule is Cc1cc2c3c(c1)c1c(n3CC(C)(c3ccncc3)OC2C)CCN(C)C1. The van der Waals surface area contributed by atoms with Crippen LogP contribution in [0.4, 0.5) is 0 Å². The van der Waals surface area contributed by atoms with E-state index in [2.05, 4.69) is 66.5 Å². The highest BCUT2D eigenvalue weighted by atomic mass is 16.5. The van der Waals surface area contributed by atoms with Gasteiger partial charge in [0.2, 0.25) is 0 Å². The van der Waals surface area contributed by atoms with E-state index in [1.165, 1.54) is 38.9 Å². The summed E-state index contributed by atoms with van der Waals surface area (Å²) in [6.45, 7) is 9.61. The number of likely N-dealkylation sites (N-methyl/N-ethyl adjacent to an activating group) is 1. The molecule has 27 heavy (non-hydrogen) atoms. The van der Waals surface area contributed by atoms with Gasteiger partial charge in [0.05, 0.1) is 18.2 Å². The molecule has 2 aliphatic heterocycles. The highest BCUT2D eigenvalue weighted by Gasteiger charge is 2.37. The van der Waals surface area contributed by atoms with Gasteiger partial charge in [0.25, 0.3) is 0 Å². The molecule has 4 nitrogen and oxygen atoms in total.